The van der Waals surface area contributed by atoms with E-state index in [0.29, 0.717) is 6.42 Å². The van der Waals surface area contributed by atoms with Gasteiger partial charge in [-0.1, -0.05) is 18.3 Å². The van der Waals surface area contributed by atoms with E-state index in [2.05, 4.69) is 22.4 Å². The zero-order valence-corrected chi connectivity index (χ0v) is 10.8. The summed E-state index contributed by atoms with van der Waals surface area (Å²) in [5.74, 6) is 0. The van der Waals surface area contributed by atoms with Crippen LogP contribution < -0.4 is 5.32 Å². The molecule has 0 saturated carbocycles. The van der Waals surface area contributed by atoms with Crippen LogP contribution in [-0.2, 0) is 11.2 Å². The molecule has 1 aromatic rings. The van der Waals surface area contributed by atoms with E-state index in [1.807, 2.05) is 7.05 Å². The summed E-state index contributed by atoms with van der Waals surface area (Å²) in [6.07, 6.45) is -0.939. The summed E-state index contributed by atoms with van der Waals surface area (Å²) >= 11 is 1.50. The molecule has 0 aliphatic heterocycles. The van der Waals surface area contributed by atoms with E-state index in [1.54, 1.807) is 0 Å². The molecule has 1 aromatic heterocycles. The highest BCUT2D eigenvalue weighted by Gasteiger charge is 2.12. The Kier molecular flexibility index (Phi) is 6.46. The number of aromatic nitrogens is 2. The molecule has 0 bridgehead atoms. The van der Waals surface area contributed by atoms with Gasteiger partial charge in [0, 0.05) is 6.42 Å². The Balaban J connectivity index is 2.35. The third kappa shape index (κ3) is 5.01. The minimum atomic E-state index is -2.41. The molecule has 7 heteroatoms. The lowest BCUT2D eigenvalue weighted by Gasteiger charge is -2.08. The predicted molar refractivity (Wildman–Crippen MR) is 62.5 cm³/mol. The maximum atomic E-state index is 11.8. The van der Waals surface area contributed by atoms with Crippen LogP contribution in [0.15, 0.2) is 0 Å². The number of nitrogens with zero attached hydrogens (tertiary/aromatic N) is 2. The molecule has 4 nitrogen and oxygen atoms in total. The van der Waals surface area contributed by atoms with Crippen molar-refractivity contribution in [3.8, 4) is 0 Å². The van der Waals surface area contributed by atoms with Gasteiger partial charge >= 0.3 is 0 Å². The molecule has 1 N–H and O–H groups in total. The average Bonchev–Trinajstić information content (AvgIpc) is 2.75. The second-order valence-electron chi connectivity index (χ2n) is 3.50. The Labute approximate surface area is 103 Å². The smallest absolute Gasteiger partial charge is 0.261 e. The van der Waals surface area contributed by atoms with Gasteiger partial charge in [0.15, 0.2) is 0 Å². The van der Waals surface area contributed by atoms with E-state index < -0.39 is 13.0 Å². The quantitative estimate of drug-likeness (QED) is 0.731. The van der Waals surface area contributed by atoms with E-state index in [-0.39, 0.29) is 12.6 Å². The van der Waals surface area contributed by atoms with E-state index in [0.717, 1.165) is 16.4 Å². The molecule has 0 fully saturated rings. The lowest BCUT2D eigenvalue weighted by Crippen LogP contribution is -2.14. The SMILES string of the molecule is CCC(NC)c1nnc(CCOCC(F)F)s1. The highest BCUT2D eigenvalue weighted by molar-refractivity contribution is 7.11. The molecule has 0 spiro atoms. The first-order valence-electron chi connectivity index (χ1n) is 5.52. The molecule has 1 heterocycles. The molecule has 1 atom stereocenters. The molecule has 0 amide bonds. The molecular formula is C10H17F2N3OS. The number of hydrogen-bond acceptors (Lipinski definition) is 5. The first-order chi connectivity index (χ1) is 8.17. The van der Waals surface area contributed by atoms with Crippen LogP contribution in [-0.4, -0.2) is 36.9 Å². The van der Waals surface area contributed by atoms with Crippen molar-refractivity contribution in [3.05, 3.63) is 10.0 Å². The van der Waals surface area contributed by atoms with E-state index >= 15 is 0 Å². The largest absolute Gasteiger partial charge is 0.375 e. The van der Waals surface area contributed by atoms with Gasteiger partial charge < -0.3 is 10.1 Å². The first-order valence-corrected chi connectivity index (χ1v) is 6.34. The van der Waals surface area contributed by atoms with Crippen LogP contribution in [0, 0.1) is 0 Å². The van der Waals surface area contributed by atoms with Crippen LogP contribution in [0.3, 0.4) is 0 Å². The predicted octanol–water partition coefficient (Wildman–Crippen LogP) is 2.03. The number of nitrogens with one attached hydrogen (secondary N) is 1. The molecule has 17 heavy (non-hydrogen) atoms. The zero-order valence-electron chi connectivity index (χ0n) is 9.95. The van der Waals surface area contributed by atoms with Crippen LogP contribution in [0.5, 0.6) is 0 Å². The summed E-state index contributed by atoms with van der Waals surface area (Å²) in [7, 11) is 1.88. The van der Waals surface area contributed by atoms with Gasteiger partial charge in [0.05, 0.1) is 12.6 Å². The second-order valence-corrected chi connectivity index (χ2v) is 4.59. The lowest BCUT2D eigenvalue weighted by molar-refractivity contribution is 0.0186. The maximum absolute atomic E-state index is 11.8. The van der Waals surface area contributed by atoms with Crippen molar-refractivity contribution in [1.29, 1.82) is 0 Å². The molecule has 98 valence electrons. The molecule has 1 unspecified atom stereocenters. The average molecular weight is 265 g/mol. The van der Waals surface area contributed by atoms with Crippen LogP contribution in [0.2, 0.25) is 0 Å². The molecule has 0 aliphatic rings. The van der Waals surface area contributed by atoms with Crippen molar-refractivity contribution < 1.29 is 13.5 Å². The maximum Gasteiger partial charge on any atom is 0.261 e. The Morgan fingerprint density at radius 1 is 1.41 bits per heavy atom. The molecule has 0 aliphatic carbocycles. The molecule has 0 saturated heterocycles. The lowest BCUT2D eigenvalue weighted by atomic mass is 10.2. The van der Waals surface area contributed by atoms with E-state index in [9.17, 15) is 8.78 Å². The second kappa shape index (κ2) is 7.62. The summed E-state index contributed by atoms with van der Waals surface area (Å²) < 4.78 is 28.4. The van der Waals surface area contributed by atoms with Crippen molar-refractivity contribution in [2.45, 2.75) is 32.2 Å². The molecule has 0 radical (unpaired) electrons. The van der Waals surface area contributed by atoms with Gasteiger partial charge in [-0.2, -0.15) is 0 Å². The van der Waals surface area contributed by atoms with Gasteiger partial charge in [0.1, 0.15) is 16.6 Å². The summed E-state index contributed by atoms with van der Waals surface area (Å²) in [6, 6.07) is 0.211. The van der Waals surface area contributed by atoms with Crippen molar-refractivity contribution in [2.75, 3.05) is 20.3 Å². The highest BCUT2D eigenvalue weighted by atomic mass is 32.1. The highest BCUT2D eigenvalue weighted by Crippen LogP contribution is 2.20. The minimum absolute atomic E-state index is 0.211. The Bertz CT molecular complexity index is 318. The summed E-state index contributed by atoms with van der Waals surface area (Å²) in [5, 5.41) is 13.0. The number of hydrogen-bond donors (Lipinski definition) is 1. The zero-order chi connectivity index (χ0) is 12.7. The van der Waals surface area contributed by atoms with Gasteiger partial charge in [-0.15, -0.1) is 10.2 Å². The fourth-order valence-electron chi connectivity index (χ4n) is 1.34. The van der Waals surface area contributed by atoms with Crippen molar-refractivity contribution in [1.82, 2.24) is 15.5 Å². The summed E-state index contributed by atoms with van der Waals surface area (Å²) in [5.41, 5.74) is 0. The van der Waals surface area contributed by atoms with Crippen LogP contribution >= 0.6 is 11.3 Å². The third-order valence-electron chi connectivity index (χ3n) is 2.24. The summed E-state index contributed by atoms with van der Waals surface area (Å²) in [4.78, 5) is 0. The fourth-order valence-corrected chi connectivity index (χ4v) is 2.36. The molecular weight excluding hydrogens is 248 g/mol. The van der Waals surface area contributed by atoms with Crippen molar-refractivity contribution >= 4 is 11.3 Å². The standard InChI is InChI=1S/C10H17F2N3OS/c1-3-7(13-2)10-15-14-9(17-10)4-5-16-6-8(11)12/h7-8,13H,3-6H2,1-2H3. The third-order valence-corrected chi connectivity index (χ3v) is 3.34. The van der Waals surface area contributed by atoms with Gasteiger partial charge in [-0.05, 0) is 13.5 Å². The van der Waals surface area contributed by atoms with Gasteiger partial charge in [0.25, 0.3) is 6.43 Å². The molecule has 1 rings (SSSR count). The number of halogens is 2. The van der Waals surface area contributed by atoms with Gasteiger partial charge in [-0.3, -0.25) is 0 Å². The fraction of sp³-hybridized carbons (Fsp3) is 0.800. The van der Waals surface area contributed by atoms with E-state index in [1.165, 1.54) is 11.3 Å². The normalized spacial score (nSPS) is 13.2. The Morgan fingerprint density at radius 3 is 2.76 bits per heavy atom. The van der Waals surface area contributed by atoms with Gasteiger partial charge in [0.2, 0.25) is 0 Å². The van der Waals surface area contributed by atoms with Crippen molar-refractivity contribution in [3.63, 3.8) is 0 Å². The number of rotatable bonds is 8. The number of ether oxygens (including phenoxy) is 1. The Morgan fingerprint density at radius 2 is 2.18 bits per heavy atom. The number of alkyl halides is 2. The molecule has 0 aromatic carbocycles. The van der Waals surface area contributed by atoms with Crippen LogP contribution in [0.1, 0.15) is 29.4 Å². The van der Waals surface area contributed by atoms with E-state index in [4.69, 9.17) is 4.74 Å². The monoisotopic (exact) mass is 265 g/mol. The Hall–Kier alpha value is -0.660. The van der Waals surface area contributed by atoms with Crippen LogP contribution in [0.25, 0.3) is 0 Å². The minimum Gasteiger partial charge on any atom is -0.375 e. The summed E-state index contributed by atoms with van der Waals surface area (Å²) in [6.45, 7) is 1.81. The van der Waals surface area contributed by atoms with Crippen LogP contribution in [0.4, 0.5) is 8.78 Å². The van der Waals surface area contributed by atoms with Crippen molar-refractivity contribution in [2.24, 2.45) is 0 Å². The topological polar surface area (TPSA) is 47.0 Å². The van der Waals surface area contributed by atoms with Gasteiger partial charge in [-0.25, -0.2) is 8.78 Å². The first kappa shape index (κ1) is 14.4.